The molecule has 3 unspecified atom stereocenters. The fourth-order valence-corrected chi connectivity index (χ4v) is 4.32. The molecule has 1 fully saturated rings. The van der Waals surface area contributed by atoms with Crippen molar-refractivity contribution < 1.29 is 14.3 Å². The van der Waals surface area contributed by atoms with Crippen LogP contribution in [0.5, 0.6) is 0 Å². The predicted molar refractivity (Wildman–Crippen MR) is 140 cm³/mol. The Hall–Kier alpha value is -2.81. The maximum Gasteiger partial charge on any atom is 0.407 e. The first-order valence-electron chi connectivity index (χ1n) is 11.5. The van der Waals surface area contributed by atoms with Gasteiger partial charge in [-0.2, -0.15) is 0 Å². The standard InChI is InChI=1S/C25H31Cl2N5O3/c1-4-35-25(34)30-21-13-20(14-22(15-21)32(2)3)29-24(28-19-10-8-17(26)9-11-19)31-23(33)16-6-5-7-18(27)12-16/h5-12,20-22H,4,13-15H2,1-3H3,(H,30,34)(H2,28,29,31,33). The molecule has 188 valence electrons. The van der Waals surface area contributed by atoms with E-state index in [0.717, 1.165) is 18.5 Å². The lowest BCUT2D eigenvalue weighted by atomic mass is 9.87. The van der Waals surface area contributed by atoms with Crippen LogP contribution in [0.25, 0.3) is 0 Å². The average molecular weight is 520 g/mol. The number of hydrogen-bond donors (Lipinski definition) is 3. The summed E-state index contributed by atoms with van der Waals surface area (Å²) < 4.78 is 5.07. The molecule has 1 aliphatic carbocycles. The monoisotopic (exact) mass is 519 g/mol. The molecular weight excluding hydrogens is 489 g/mol. The van der Waals surface area contributed by atoms with E-state index in [0.29, 0.717) is 34.6 Å². The van der Waals surface area contributed by atoms with Crippen molar-refractivity contribution in [2.24, 2.45) is 4.99 Å². The Bertz CT molecular complexity index is 1050. The molecule has 1 aliphatic rings. The fraction of sp³-hybridized carbons (Fsp3) is 0.400. The Morgan fingerprint density at radius 1 is 1.06 bits per heavy atom. The number of benzene rings is 2. The number of ether oxygens (including phenoxy) is 1. The summed E-state index contributed by atoms with van der Waals surface area (Å²) in [6.45, 7) is 2.08. The molecule has 0 bridgehead atoms. The average Bonchev–Trinajstić information content (AvgIpc) is 2.80. The van der Waals surface area contributed by atoms with E-state index in [9.17, 15) is 9.59 Å². The summed E-state index contributed by atoms with van der Waals surface area (Å²) in [5, 5.41) is 10.1. The number of hydrogen-bond acceptors (Lipinski definition) is 5. The lowest BCUT2D eigenvalue weighted by molar-refractivity contribution is 0.0976. The second kappa shape index (κ2) is 12.8. The lowest BCUT2D eigenvalue weighted by Crippen LogP contribution is -2.48. The minimum absolute atomic E-state index is 0.107. The van der Waals surface area contributed by atoms with Gasteiger partial charge in [-0.3, -0.25) is 10.1 Å². The normalized spacial score (nSPS) is 20.3. The Kier molecular flexibility index (Phi) is 9.77. The van der Waals surface area contributed by atoms with Gasteiger partial charge in [-0.05, 0) is 82.7 Å². The largest absolute Gasteiger partial charge is 0.450 e. The number of anilines is 1. The molecule has 0 spiro atoms. The highest BCUT2D eigenvalue weighted by Gasteiger charge is 2.31. The number of guanidine groups is 1. The van der Waals surface area contributed by atoms with Crippen LogP contribution in [0.4, 0.5) is 10.5 Å². The summed E-state index contributed by atoms with van der Waals surface area (Å²) in [5.74, 6) is -0.0366. The number of nitrogens with zero attached hydrogens (tertiary/aromatic N) is 2. The zero-order chi connectivity index (χ0) is 25.4. The highest BCUT2D eigenvalue weighted by molar-refractivity contribution is 6.31. The Morgan fingerprint density at radius 2 is 1.80 bits per heavy atom. The minimum atomic E-state index is -0.437. The second-order valence-corrected chi connectivity index (χ2v) is 9.49. The quantitative estimate of drug-likeness (QED) is 0.376. The molecule has 0 aromatic heterocycles. The summed E-state index contributed by atoms with van der Waals surface area (Å²) in [7, 11) is 4.01. The van der Waals surface area contributed by atoms with Crippen molar-refractivity contribution in [1.82, 2.24) is 15.5 Å². The zero-order valence-electron chi connectivity index (χ0n) is 20.1. The van der Waals surface area contributed by atoms with Crippen LogP contribution in [-0.2, 0) is 4.74 Å². The van der Waals surface area contributed by atoms with E-state index < -0.39 is 6.09 Å². The van der Waals surface area contributed by atoms with Gasteiger partial charge >= 0.3 is 6.09 Å². The van der Waals surface area contributed by atoms with Crippen LogP contribution in [0, 0.1) is 0 Å². The Labute approximate surface area is 216 Å². The van der Waals surface area contributed by atoms with Crippen LogP contribution in [0.15, 0.2) is 53.5 Å². The van der Waals surface area contributed by atoms with Gasteiger partial charge in [-0.15, -0.1) is 0 Å². The Morgan fingerprint density at radius 3 is 2.46 bits per heavy atom. The van der Waals surface area contributed by atoms with E-state index in [4.69, 9.17) is 32.9 Å². The van der Waals surface area contributed by atoms with Gasteiger partial charge in [0.1, 0.15) is 0 Å². The highest BCUT2D eigenvalue weighted by atomic mass is 35.5. The van der Waals surface area contributed by atoms with E-state index in [2.05, 4.69) is 20.9 Å². The van der Waals surface area contributed by atoms with Crippen LogP contribution in [0.1, 0.15) is 36.5 Å². The molecule has 8 nitrogen and oxygen atoms in total. The van der Waals surface area contributed by atoms with Crippen LogP contribution >= 0.6 is 23.2 Å². The van der Waals surface area contributed by atoms with Crippen LogP contribution in [0.3, 0.4) is 0 Å². The smallest absolute Gasteiger partial charge is 0.407 e. The molecule has 2 aromatic rings. The molecule has 0 aliphatic heterocycles. The van der Waals surface area contributed by atoms with E-state index in [-0.39, 0.29) is 24.0 Å². The SMILES string of the molecule is CCOC(=O)NC1CC(N=C(NC(=O)c2cccc(Cl)c2)Nc2ccc(Cl)cc2)CC(N(C)C)C1. The molecule has 3 rings (SSSR count). The number of nitrogens with one attached hydrogen (secondary N) is 3. The molecule has 0 radical (unpaired) electrons. The molecule has 2 aromatic carbocycles. The van der Waals surface area contributed by atoms with Crippen LogP contribution < -0.4 is 16.0 Å². The highest BCUT2D eigenvalue weighted by Crippen LogP contribution is 2.25. The number of aliphatic imine (C=N–C) groups is 1. The third kappa shape index (κ3) is 8.42. The number of rotatable bonds is 6. The first-order valence-corrected chi connectivity index (χ1v) is 12.3. The van der Waals surface area contributed by atoms with Gasteiger partial charge in [0.15, 0.2) is 0 Å². The van der Waals surface area contributed by atoms with Crippen molar-refractivity contribution in [1.29, 1.82) is 0 Å². The molecule has 0 heterocycles. The second-order valence-electron chi connectivity index (χ2n) is 8.61. The molecule has 2 amide bonds. The molecule has 3 atom stereocenters. The van der Waals surface area contributed by atoms with Gasteiger partial charge < -0.3 is 20.3 Å². The first kappa shape index (κ1) is 26.8. The van der Waals surface area contributed by atoms with Crippen molar-refractivity contribution >= 4 is 46.8 Å². The summed E-state index contributed by atoms with van der Waals surface area (Å²) in [6, 6.07) is 13.8. The van der Waals surface area contributed by atoms with Gasteiger partial charge in [0.2, 0.25) is 5.96 Å². The number of carbonyl (C=O) groups is 2. The topological polar surface area (TPSA) is 95.1 Å². The van der Waals surface area contributed by atoms with E-state index in [1.54, 1.807) is 55.5 Å². The number of amides is 2. The maximum absolute atomic E-state index is 13.0. The number of halogens is 2. The predicted octanol–water partition coefficient (Wildman–Crippen LogP) is 4.79. The molecule has 1 saturated carbocycles. The first-order chi connectivity index (χ1) is 16.7. The summed E-state index contributed by atoms with van der Waals surface area (Å²) in [6.07, 6.45) is 1.73. The van der Waals surface area contributed by atoms with Crippen molar-refractivity contribution in [3.8, 4) is 0 Å². The molecule has 3 N–H and O–H groups in total. The summed E-state index contributed by atoms with van der Waals surface area (Å²) in [4.78, 5) is 32.0. The summed E-state index contributed by atoms with van der Waals surface area (Å²) >= 11 is 12.1. The van der Waals surface area contributed by atoms with Crippen LogP contribution in [-0.4, -0.2) is 61.7 Å². The molecular formula is C25H31Cl2N5O3. The van der Waals surface area contributed by atoms with E-state index in [1.165, 1.54) is 0 Å². The van der Waals surface area contributed by atoms with Gasteiger partial charge in [-0.25, -0.2) is 9.79 Å². The molecule has 0 saturated heterocycles. The molecule has 35 heavy (non-hydrogen) atoms. The van der Waals surface area contributed by atoms with E-state index >= 15 is 0 Å². The van der Waals surface area contributed by atoms with Crippen molar-refractivity contribution in [2.45, 2.75) is 44.3 Å². The third-order valence-corrected chi connectivity index (χ3v) is 6.21. The fourth-order valence-electron chi connectivity index (χ4n) is 4.00. The number of carbonyl (C=O) groups excluding carboxylic acids is 2. The van der Waals surface area contributed by atoms with Crippen molar-refractivity contribution in [2.75, 3.05) is 26.0 Å². The zero-order valence-corrected chi connectivity index (χ0v) is 21.6. The van der Waals surface area contributed by atoms with E-state index in [1.807, 2.05) is 14.1 Å². The molecule has 10 heteroatoms. The summed E-state index contributed by atoms with van der Waals surface area (Å²) in [5.41, 5.74) is 1.14. The van der Waals surface area contributed by atoms with Crippen LogP contribution in [0.2, 0.25) is 10.0 Å². The van der Waals surface area contributed by atoms with Crippen molar-refractivity contribution in [3.63, 3.8) is 0 Å². The van der Waals surface area contributed by atoms with Gasteiger partial charge in [0.25, 0.3) is 5.91 Å². The minimum Gasteiger partial charge on any atom is -0.450 e. The van der Waals surface area contributed by atoms with Gasteiger partial charge in [-0.1, -0.05) is 29.3 Å². The third-order valence-electron chi connectivity index (χ3n) is 5.72. The Balaban J connectivity index is 1.84. The van der Waals surface area contributed by atoms with Gasteiger partial charge in [0, 0.05) is 33.4 Å². The lowest BCUT2D eigenvalue weighted by Gasteiger charge is -2.37. The maximum atomic E-state index is 13.0. The number of alkyl carbamates (subject to hydrolysis) is 1. The van der Waals surface area contributed by atoms with Crippen molar-refractivity contribution in [3.05, 3.63) is 64.1 Å². The van der Waals surface area contributed by atoms with Gasteiger partial charge in [0.05, 0.1) is 12.6 Å².